The zero-order valence-corrected chi connectivity index (χ0v) is 48.0. The fourth-order valence-corrected chi connectivity index (χ4v) is 8.68. The molecule has 0 aromatic rings. The number of aliphatic hydroxyl groups excluding tert-OH is 1. The number of allylic oxidation sites excluding steroid dienone is 17. The zero-order valence-electron chi connectivity index (χ0n) is 47.1. The second-order valence-electron chi connectivity index (χ2n) is 20.6. The summed E-state index contributed by atoms with van der Waals surface area (Å²) in [6.45, 7) is 4.69. The Morgan fingerprint density at radius 2 is 0.833 bits per heavy atom. The third kappa shape index (κ3) is 54.9. The highest BCUT2D eigenvalue weighted by Gasteiger charge is 2.27. The normalized spacial score (nSPS) is 14.7. The Morgan fingerprint density at radius 3 is 1.22 bits per heavy atom. The summed E-state index contributed by atoms with van der Waals surface area (Å²) < 4.78 is 23.7. The van der Waals surface area contributed by atoms with Crippen LogP contribution in [0.1, 0.15) is 232 Å². The van der Waals surface area contributed by atoms with Gasteiger partial charge in [0.15, 0.2) is 0 Å². The number of rotatable bonds is 52. The van der Waals surface area contributed by atoms with E-state index in [1.165, 1.54) is 109 Å². The first-order chi connectivity index (χ1) is 35.0. The van der Waals surface area contributed by atoms with E-state index < -0.39 is 20.0 Å². The lowest BCUT2D eigenvalue weighted by Gasteiger charge is -2.25. The van der Waals surface area contributed by atoms with Gasteiger partial charge in [-0.25, -0.2) is 4.57 Å². The average molecular weight is 1020 g/mol. The Balaban J connectivity index is 4.22. The number of aliphatic hydroxyl groups is 1. The minimum atomic E-state index is -4.36. The summed E-state index contributed by atoms with van der Waals surface area (Å²) in [5, 5.41) is 13.9. The summed E-state index contributed by atoms with van der Waals surface area (Å²) in [6, 6.07) is -0.859. The van der Waals surface area contributed by atoms with E-state index in [9.17, 15) is 19.4 Å². The van der Waals surface area contributed by atoms with Crippen molar-refractivity contribution >= 4 is 13.7 Å². The van der Waals surface area contributed by atoms with Gasteiger partial charge in [-0.1, -0.05) is 252 Å². The number of hydrogen-bond acceptors (Lipinski definition) is 5. The second kappa shape index (κ2) is 53.0. The Bertz CT molecular complexity index is 1540. The van der Waals surface area contributed by atoms with Crippen LogP contribution in [0.15, 0.2) is 109 Å². The quantitative estimate of drug-likeness (QED) is 0.0243. The molecule has 0 saturated carbocycles. The van der Waals surface area contributed by atoms with Crippen LogP contribution in [0.25, 0.3) is 0 Å². The summed E-state index contributed by atoms with van der Waals surface area (Å²) in [5.41, 5.74) is 0. The van der Waals surface area contributed by atoms with Gasteiger partial charge in [0.2, 0.25) is 5.91 Å². The number of nitrogens with one attached hydrogen (secondary N) is 1. The fourth-order valence-electron chi connectivity index (χ4n) is 7.94. The Kier molecular flexibility index (Phi) is 50.9. The summed E-state index contributed by atoms with van der Waals surface area (Å²) in [6.07, 6.45) is 77.5. The standard InChI is InChI=1S/C63H111N2O6P/c1-6-8-10-12-14-16-18-20-22-24-25-26-27-28-29-30-31-32-33-34-35-36-37-38-39-41-43-45-47-49-51-53-55-57-63(67)64-61(60-71-72(68,69)70-59-58-65(3,4)5)62(66)56-54-52-50-48-46-44-42-40-23-21-19-17-15-13-11-9-7-2/h8,10,14,16,20,22,25-26,28-29,31-32,34-35,37-38,54,56,61-62,66H,6-7,9,11-13,15,17-19,21,23-24,27,30,33,36,39-53,55,57-60H2,1-5H3,(H-,64,67,68,69)/p+1/b10-8-,16-14-,22-20-,26-25-,29-28-,32-31-,35-34-,38-37-,56-54+. The maximum Gasteiger partial charge on any atom is 0.472 e. The van der Waals surface area contributed by atoms with Gasteiger partial charge in [-0.2, -0.15) is 0 Å². The number of likely N-dealkylation sites (N-methyl/N-ethyl adjacent to an activating group) is 1. The smallest absolute Gasteiger partial charge is 0.387 e. The van der Waals surface area contributed by atoms with E-state index in [-0.39, 0.29) is 19.1 Å². The molecule has 0 bridgehead atoms. The van der Waals surface area contributed by atoms with Crippen LogP contribution < -0.4 is 5.32 Å². The average Bonchev–Trinajstić information content (AvgIpc) is 3.34. The number of quaternary nitrogens is 1. The van der Waals surface area contributed by atoms with Gasteiger partial charge in [0, 0.05) is 6.42 Å². The molecule has 0 saturated heterocycles. The van der Waals surface area contributed by atoms with Crippen LogP contribution in [0.4, 0.5) is 0 Å². The molecule has 0 heterocycles. The molecule has 0 aliphatic heterocycles. The molecule has 0 aliphatic rings. The highest BCUT2D eigenvalue weighted by atomic mass is 31.2. The molecule has 414 valence electrons. The van der Waals surface area contributed by atoms with E-state index >= 15 is 0 Å². The van der Waals surface area contributed by atoms with Crippen molar-refractivity contribution < 1.29 is 32.9 Å². The van der Waals surface area contributed by atoms with Crippen molar-refractivity contribution in [2.75, 3.05) is 40.9 Å². The molecule has 0 aromatic carbocycles. The topological polar surface area (TPSA) is 105 Å². The minimum absolute atomic E-state index is 0.0547. The van der Waals surface area contributed by atoms with E-state index in [1.54, 1.807) is 6.08 Å². The molecular formula is C63H112N2O6P+. The van der Waals surface area contributed by atoms with Gasteiger partial charge >= 0.3 is 7.82 Å². The van der Waals surface area contributed by atoms with Gasteiger partial charge in [0.25, 0.3) is 0 Å². The van der Waals surface area contributed by atoms with Crippen LogP contribution in [-0.2, 0) is 18.4 Å². The molecule has 9 heteroatoms. The molecule has 8 nitrogen and oxygen atoms in total. The van der Waals surface area contributed by atoms with Crippen LogP contribution in [-0.4, -0.2) is 73.4 Å². The van der Waals surface area contributed by atoms with Gasteiger partial charge in [0.05, 0.1) is 39.9 Å². The van der Waals surface area contributed by atoms with Crippen molar-refractivity contribution in [2.24, 2.45) is 0 Å². The Labute approximate surface area is 444 Å². The van der Waals surface area contributed by atoms with Crippen LogP contribution >= 0.6 is 7.82 Å². The predicted molar refractivity (Wildman–Crippen MR) is 313 cm³/mol. The largest absolute Gasteiger partial charge is 0.472 e. The highest BCUT2D eigenvalue weighted by molar-refractivity contribution is 7.47. The van der Waals surface area contributed by atoms with Gasteiger partial charge in [-0.05, 0) is 83.5 Å². The van der Waals surface area contributed by atoms with Crippen LogP contribution in [0, 0.1) is 0 Å². The number of unbranched alkanes of at least 4 members (excludes halogenated alkanes) is 23. The number of hydrogen-bond donors (Lipinski definition) is 3. The monoisotopic (exact) mass is 1020 g/mol. The highest BCUT2D eigenvalue weighted by Crippen LogP contribution is 2.43. The molecular weight excluding hydrogens is 912 g/mol. The molecule has 0 fully saturated rings. The minimum Gasteiger partial charge on any atom is -0.387 e. The van der Waals surface area contributed by atoms with E-state index in [0.717, 1.165) is 103 Å². The van der Waals surface area contributed by atoms with Crippen LogP contribution in [0.3, 0.4) is 0 Å². The van der Waals surface area contributed by atoms with Crippen LogP contribution in [0.5, 0.6) is 0 Å². The van der Waals surface area contributed by atoms with Gasteiger partial charge in [0.1, 0.15) is 13.2 Å². The van der Waals surface area contributed by atoms with E-state index in [1.807, 2.05) is 27.2 Å². The molecule has 72 heavy (non-hydrogen) atoms. The van der Waals surface area contributed by atoms with Crippen molar-refractivity contribution in [1.29, 1.82) is 0 Å². The molecule has 0 radical (unpaired) electrons. The van der Waals surface area contributed by atoms with Crippen molar-refractivity contribution in [2.45, 2.75) is 244 Å². The molecule has 0 aliphatic carbocycles. The Morgan fingerprint density at radius 1 is 0.486 bits per heavy atom. The van der Waals surface area contributed by atoms with E-state index in [2.05, 4.69) is 116 Å². The number of amides is 1. The maximum atomic E-state index is 13.0. The predicted octanol–water partition coefficient (Wildman–Crippen LogP) is 18.0. The summed E-state index contributed by atoms with van der Waals surface area (Å²) in [5.74, 6) is -0.189. The number of phosphoric acid groups is 1. The molecule has 3 N–H and O–H groups in total. The first kappa shape index (κ1) is 69.2. The molecule has 0 aromatic heterocycles. The first-order valence-corrected chi connectivity index (χ1v) is 30.8. The van der Waals surface area contributed by atoms with E-state index in [0.29, 0.717) is 17.4 Å². The number of carbonyl (C=O) groups excluding carboxylic acids is 1. The lowest BCUT2D eigenvalue weighted by Crippen LogP contribution is -2.45. The maximum absolute atomic E-state index is 13.0. The molecule has 0 rings (SSSR count). The third-order valence-corrected chi connectivity index (χ3v) is 13.5. The SMILES string of the molecule is CC/C=C\C/C=C\C/C=C\C/C=C\C/C=C\C/C=C\C/C=C\C/C=C\CCCCCCCCCCC(=O)NC(COP(=O)(O)OCC[N+](C)(C)C)C(O)/C=C/CCCCCCCCCCCCCCCCC. The third-order valence-electron chi connectivity index (χ3n) is 12.5. The molecule has 0 spiro atoms. The summed E-state index contributed by atoms with van der Waals surface area (Å²) in [7, 11) is 1.55. The zero-order chi connectivity index (χ0) is 52.7. The number of phosphoric ester groups is 1. The van der Waals surface area contributed by atoms with Crippen molar-refractivity contribution in [3.05, 3.63) is 109 Å². The van der Waals surface area contributed by atoms with Crippen molar-refractivity contribution in [3.63, 3.8) is 0 Å². The fraction of sp³-hybridized carbons (Fsp3) is 0.698. The van der Waals surface area contributed by atoms with Crippen molar-refractivity contribution in [1.82, 2.24) is 5.32 Å². The van der Waals surface area contributed by atoms with Gasteiger partial charge in [-0.3, -0.25) is 13.8 Å². The molecule has 1 amide bonds. The number of nitrogens with zero attached hydrogens (tertiary/aromatic N) is 1. The number of carbonyl (C=O) groups is 1. The lowest BCUT2D eigenvalue weighted by molar-refractivity contribution is -0.870. The van der Waals surface area contributed by atoms with Crippen LogP contribution in [0.2, 0.25) is 0 Å². The molecule has 3 atom stereocenters. The lowest BCUT2D eigenvalue weighted by atomic mass is 10.0. The van der Waals surface area contributed by atoms with Gasteiger partial charge in [-0.15, -0.1) is 0 Å². The Hall–Kier alpha value is -2.84. The summed E-state index contributed by atoms with van der Waals surface area (Å²) >= 11 is 0. The van der Waals surface area contributed by atoms with Gasteiger partial charge < -0.3 is 19.8 Å². The second-order valence-corrected chi connectivity index (χ2v) is 22.1. The first-order valence-electron chi connectivity index (χ1n) is 29.3. The van der Waals surface area contributed by atoms with E-state index in [4.69, 9.17) is 9.05 Å². The van der Waals surface area contributed by atoms with Crippen molar-refractivity contribution in [3.8, 4) is 0 Å². The molecule has 3 unspecified atom stereocenters. The summed E-state index contributed by atoms with van der Waals surface area (Å²) in [4.78, 5) is 23.3.